The van der Waals surface area contributed by atoms with Crippen molar-refractivity contribution in [3.63, 3.8) is 0 Å². The molecule has 0 bridgehead atoms. The van der Waals surface area contributed by atoms with Crippen LogP contribution in [0.15, 0.2) is 71.9 Å². The molecule has 1 fully saturated rings. The van der Waals surface area contributed by atoms with Gasteiger partial charge in [0, 0.05) is 44.1 Å². The molecule has 2 heterocycles. The third-order valence-corrected chi connectivity index (χ3v) is 6.93. The molecule has 7 nitrogen and oxygen atoms in total. The molecule has 150 valence electrons. The van der Waals surface area contributed by atoms with Crippen LogP contribution in [0.1, 0.15) is 15.9 Å². The van der Waals surface area contributed by atoms with Gasteiger partial charge >= 0.3 is 0 Å². The van der Waals surface area contributed by atoms with E-state index in [1.807, 2.05) is 37.4 Å². The van der Waals surface area contributed by atoms with Crippen LogP contribution < -0.4 is 0 Å². The third-order valence-electron chi connectivity index (χ3n) is 5.04. The van der Waals surface area contributed by atoms with E-state index in [4.69, 9.17) is 0 Å². The van der Waals surface area contributed by atoms with Crippen molar-refractivity contribution in [3.05, 3.63) is 78.1 Å². The fourth-order valence-electron chi connectivity index (χ4n) is 3.42. The van der Waals surface area contributed by atoms with Gasteiger partial charge in [0.1, 0.15) is 0 Å². The van der Waals surface area contributed by atoms with Gasteiger partial charge in [-0.1, -0.05) is 12.1 Å². The molecule has 8 heteroatoms. The lowest BCUT2D eigenvalue weighted by Gasteiger charge is -2.34. The first kappa shape index (κ1) is 19.4. The number of rotatable bonds is 4. The fraction of sp³-hybridized carbons (Fsp3) is 0.238. The van der Waals surface area contributed by atoms with Crippen molar-refractivity contribution < 1.29 is 13.2 Å². The second kappa shape index (κ2) is 7.81. The number of carbonyl (C=O) groups excluding carboxylic acids is 1. The molecule has 0 aliphatic carbocycles. The number of amides is 1. The lowest BCUT2D eigenvalue weighted by molar-refractivity contribution is 0.0698. The van der Waals surface area contributed by atoms with Crippen LogP contribution in [0.2, 0.25) is 0 Å². The Hall–Kier alpha value is -2.97. The van der Waals surface area contributed by atoms with Gasteiger partial charge in [0.05, 0.1) is 10.6 Å². The Balaban J connectivity index is 1.42. The summed E-state index contributed by atoms with van der Waals surface area (Å²) >= 11 is 0. The van der Waals surface area contributed by atoms with Crippen molar-refractivity contribution in [2.24, 2.45) is 0 Å². The first-order valence-corrected chi connectivity index (χ1v) is 10.9. The SMILES string of the molecule is Cc1cccc(S(=O)(=O)N2CCN(C(=O)c3ccc(-n4cccn4)cc3)CC2)c1. The largest absolute Gasteiger partial charge is 0.336 e. The van der Waals surface area contributed by atoms with Crippen LogP contribution in [0.25, 0.3) is 5.69 Å². The Kier molecular flexibility index (Phi) is 5.21. The predicted octanol–water partition coefficient (Wildman–Crippen LogP) is 2.33. The summed E-state index contributed by atoms with van der Waals surface area (Å²) in [6.45, 7) is 3.17. The van der Waals surface area contributed by atoms with Gasteiger partial charge in [0.2, 0.25) is 10.0 Å². The zero-order valence-corrected chi connectivity index (χ0v) is 16.9. The highest BCUT2D eigenvalue weighted by molar-refractivity contribution is 7.89. The summed E-state index contributed by atoms with van der Waals surface area (Å²) in [6, 6.07) is 16.0. The fourth-order valence-corrected chi connectivity index (χ4v) is 4.94. The highest BCUT2D eigenvalue weighted by atomic mass is 32.2. The van der Waals surface area contributed by atoms with Crippen LogP contribution >= 0.6 is 0 Å². The highest BCUT2D eigenvalue weighted by Gasteiger charge is 2.30. The van der Waals surface area contributed by atoms with Crippen molar-refractivity contribution in [1.29, 1.82) is 0 Å². The van der Waals surface area contributed by atoms with Crippen molar-refractivity contribution in [3.8, 4) is 5.69 Å². The van der Waals surface area contributed by atoms with E-state index in [0.29, 0.717) is 23.5 Å². The number of aromatic nitrogens is 2. The van der Waals surface area contributed by atoms with Crippen molar-refractivity contribution in [1.82, 2.24) is 19.0 Å². The number of hydrogen-bond acceptors (Lipinski definition) is 4. The molecule has 2 aromatic carbocycles. The summed E-state index contributed by atoms with van der Waals surface area (Å²) in [4.78, 5) is 14.8. The Morgan fingerprint density at radius 1 is 0.966 bits per heavy atom. The zero-order chi connectivity index (χ0) is 20.4. The minimum absolute atomic E-state index is 0.0929. The maximum atomic E-state index is 12.9. The van der Waals surface area contributed by atoms with E-state index < -0.39 is 10.0 Å². The van der Waals surface area contributed by atoms with Gasteiger partial charge < -0.3 is 4.90 Å². The molecule has 0 atom stereocenters. The first-order chi connectivity index (χ1) is 13.9. The molecule has 1 aliphatic heterocycles. The second-order valence-corrected chi connectivity index (χ2v) is 8.95. The van der Waals surface area contributed by atoms with Crippen molar-refractivity contribution >= 4 is 15.9 Å². The lowest BCUT2D eigenvalue weighted by Crippen LogP contribution is -2.50. The first-order valence-electron chi connectivity index (χ1n) is 9.41. The van der Waals surface area contributed by atoms with E-state index in [0.717, 1.165) is 11.3 Å². The number of nitrogens with zero attached hydrogens (tertiary/aromatic N) is 4. The van der Waals surface area contributed by atoms with Crippen molar-refractivity contribution in [2.75, 3.05) is 26.2 Å². The molecular formula is C21H22N4O3S. The van der Waals surface area contributed by atoms with Crippen molar-refractivity contribution in [2.45, 2.75) is 11.8 Å². The van der Waals surface area contributed by atoms with E-state index in [2.05, 4.69) is 5.10 Å². The summed E-state index contributed by atoms with van der Waals surface area (Å²) in [7, 11) is -3.54. The molecule has 0 saturated carbocycles. The number of aryl methyl sites for hydroxylation is 1. The van der Waals surface area contributed by atoms with E-state index in [1.54, 1.807) is 46.1 Å². The second-order valence-electron chi connectivity index (χ2n) is 7.01. The van der Waals surface area contributed by atoms with E-state index in [9.17, 15) is 13.2 Å². The Bertz CT molecular complexity index is 1100. The van der Waals surface area contributed by atoms with E-state index >= 15 is 0 Å². The molecule has 3 aromatic rings. The van der Waals surface area contributed by atoms with Gasteiger partial charge in [-0.15, -0.1) is 0 Å². The van der Waals surface area contributed by atoms with Crippen LogP contribution in [-0.2, 0) is 10.0 Å². The average Bonchev–Trinajstić information content (AvgIpc) is 3.28. The molecule has 4 rings (SSSR count). The molecule has 1 aromatic heterocycles. The highest BCUT2D eigenvalue weighted by Crippen LogP contribution is 2.20. The topological polar surface area (TPSA) is 75.5 Å². The molecule has 0 N–H and O–H groups in total. The third kappa shape index (κ3) is 3.94. The van der Waals surface area contributed by atoms with Gasteiger partial charge in [0.15, 0.2) is 0 Å². The summed E-state index contributed by atoms with van der Waals surface area (Å²) in [5, 5.41) is 4.17. The minimum atomic E-state index is -3.54. The van der Waals surface area contributed by atoms with Gasteiger partial charge in [0.25, 0.3) is 5.91 Å². The minimum Gasteiger partial charge on any atom is -0.336 e. The van der Waals surface area contributed by atoms with Crippen LogP contribution in [0.5, 0.6) is 0 Å². The average molecular weight is 410 g/mol. The molecule has 0 unspecified atom stereocenters. The molecule has 1 amide bonds. The van der Waals surface area contributed by atoms with Gasteiger partial charge in [-0.25, -0.2) is 13.1 Å². The number of carbonyl (C=O) groups is 1. The predicted molar refractivity (Wildman–Crippen MR) is 109 cm³/mol. The van der Waals surface area contributed by atoms with Crippen LogP contribution in [0.3, 0.4) is 0 Å². The maximum absolute atomic E-state index is 12.9. The number of sulfonamides is 1. The number of piperazine rings is 1. The molecule has 29 heavy (non-hydrogen) atoms. The van der Waals surface area contributed by atoms with Crippen LogP contribution in [0, 0.1) is 6.92 Å². The van der Waals surface area contributed by atoms with Gasteiger partial charge in [-0.3, -0.25) is 4.79 Å². The summed E-state index contributed by atoms with van der Waals surface area (Å²) < 4.78 is 28.9. The Morgan fingerprint density at radius 2 is 1.69 bits per heavy atom. The molecule has 1 saturated heterocycles. The smallest absolute Gasteiger partial charge is 0.253 e. The van der Waals surface area contributed by atoms with Crippen LogP contribution in [0.4, 0.5) is 0 Å². The molecular weight excluding hydrogens is 388 g/mol. The normalized spacial score (nSPS) is 15.4. The monoisotopic (exact) mass is 410 g/mol. The summed E-state index contributed by atoms with van der Waals surface area (Å²) in [5.74, 6) is -0.0929. The van der Waals surface area contributed by atoms with Gasteiger partial charge in [-0.05, 0) is 55.0 Å². The van der Waals surface area contributed by atoms with Crippen LogP contribution in [-0.4, -0.2) is 59.5 Å². The lowest BCUT2D eigenvalue weighted by atomic mass is 10.1. The van der Waals surface area contributed by atoms with E-state index in [-0.39, 0.29) is 19.0 Å². The standard InChI is InChI=1S/C21H22N4O3S/c1-17-4-2-5-20(16-17)29(27,28)24-14-12-23(13-15-24)21(26)18-6-8-19(9-7-18)25-11-3-10-22-25/h2-11,16H,12-15H2,1H3. The Labute approximate surface area is 170 Å². The molecule has 0 spiro atoms. The van der Waals surface area contributed by atoms with E-state index in [1.165, 1.54) is 4.31 Å². The summed E-state index contributed by atoms with van der Waals surface area (Å²) in [6.07, 6.45) is 3.54. The Morgan fingerprint density at radius 3 is 2.31 bits per heavy atom. The molecule has 1 aliphatic rings. The summed E-state index contributed by atoms with van der Waals surface area (Å²) in [5.41, 5.74) is 2.36. The molecule has 0 radical (unpaired) electrons. The van der Waals surface area contributed by atoms with Gasteiger partial charge in [-0.2, -0.15) is 9.40 Å². The maximum Gasteiger partial charge on any atom is 0.253 e. The quantitative estimate of drug-likeness (QED) is 0.662. The zero-order valence-electron chi connectivity index (χ0n) is 16.1. The number of hydrogen-bond donors (Lipinski definition) is 0. The number of benzene rings is 2.